The van der Waals surface area contributed by atoms with Crippen molar-refractivity contribution in [3.05, 3.63) is 12.2 Å². The number of nitrogens with one attached hydrogen (secondary N) is 1. The lowest BCUT2D eigenvalue weighted by atomic mass is 9.72. The van der Waals surface area contributed by atoms with Gasteiger partial charge in [0.1, 0.15) is 0 Å². The van der Waals surface area contributed by atoms with Crippen LogP contribution in [0.1, 0.15) is 46.0 Å². The minimum Gasteiger partial charge on any atom is -0.433 e. The topological polar surface area (TPSA) is 38.3 Å². The highest BCUT2D eigenvalue weighted by molar-refractivity contribution is 6.17. The third-order valence-electron chi connectivity index (χ3n) is 3.25. The third-order valence-corrected chi connectivity index (χ3v) is 3.36. The van der Waals surface area contributed by atoms with Crippen molar-refractivity contribution in [1.82, 2.24) is 5.32 Å². The Labute approximate surface area is 109 Å². The quantitative estimate of drug-likeness (QED) is 0.616. The predicted molar refractivity (Wildman–Crippen MR) is 70.1 cm³/mol. The average Bonchev–Trinajstić information content (AvgIpc) is 2.15. The summed E-state index contributed by atoms with van der Waals surface area (Å²) in [5, 5.41) is 2.99. The number of ether oxygens (including phenoxy) is 1. The molecular weight excluding hydrogens is 238 g/mol. The minimum atomic E-state index is -0.421. The van der Waals surface area contributed by atoms with Crippen molar-refractivity contribution >= 4 is 17.7 Å². The maximum atomic E-state index is 11.6. The molecular formula is C13H22ClNO2. The van der Waals surface area contributed by atoms with E-state index in [4.69, 9.17) is 16.3 Å². The van der Waals surface area contributed by atoms with Crippen LogP contribution >= 0.6 is 11.6 Å². The molecule has 3 nitrogen and oxygen atoms in total. The van der Waals surface area contributed by atoms with Gasteiger partial charge in [0, 0.05) is 5.54 Å². The molecule has 0 bridgehead atoms. The molecule has 1 aliphatic rings. The first-order valence-corrected chi connectivity index (χ1v) is 6.72. The second kappa shape index (κ2) is 6.29. The van der Waals surface area contributed by atoms with E-state index in [-0.39, 0.29) is 11.6 Å². The first kappa shape index (κ1) is 14.4. The molecule has 1 rings (SSSR count). The molecule has 0 aliphatic heterocycles. The van der Waals surface area contributed by atoms with Crippen LogP contribution in [0.5, 0.6) is 0 Å². The summed E-state index contributed by atoms with van der Waals surface area (Å²) in [7, 11) is 0. The fourth-order valence-corrected chi connectivity index (χ4v) is 3.08. The van der Waals surface area contributed by atoms with Gasteiger partial charge < -0.3 is 10.1 Å². The Balaban J connectivity index is 2.73. The third kappa shape index (κ3) is 4.23. The highest BCUT2D eigenvalue weighted by atomic mass is 35.5. The van der Waals surface area contributed by atoms with E-state index in [9.17, 15) is 4.79 Å². The molecule has 2 atom stereocenters. The summed E-state index contributed by atoms with van der Waals surface area (Å²) in [6, 6.07) is -0.107. The van der Waals surface area contributed by atoms with E-state index in [1.54, 1.807) is 0 Å². The molecule has 17 heavy (non-hydrogen) atoms. The van der Waals surface area contributed by atoms with Crippen molar-refractivity contribution in [1.29, 1.82) is 0 Å². The molecule has 0 saturated heterocycles. The van der Waals surface area contributed by atoms with E-state index in [1.165, 1.54) is 5.57 Å². The Kier molecular flexibility index (Phi) is 5.31. The number of halogens is 1. The van der Waals surface area contributed by atoms with Crippen molar-refractivity contribution in [2.24, 2.45) is 5.92 Å². The molecule has 0 heterocycles. The first-order valence-electron chi connectivity index (χ1n) is 6.19. The number of rotatable bonds is 4. The number of carbonyl (C=O) groups excluding carboxylic acids is 1. The summed E-state index contributed by atoms with van der Waals surface area (Å²) < 4.78 is 4.77. The van der Waals surface area contributed by atoms with Crippen molar-refractivity contribution in [2.45, 2.75) is 51.5 Å². The monoisotopic (exact) mass is 259 g/mol. The smallest absolute Gasteiger partial charge is 0.408 e. The van der Waals surface area contributed by atoms with E-state index in [0.29, 0.717) is 5.92 Å². The Bertz CT molecular complexity index is 293. The van der Waals surface area contributed by atoms with Crippen molar-refractivity contribution in [3.63, 3.8) is 0 Å². The second-order valence-electron chi connectivity index (χ2n) is 5.14. The fourth-order valence-electron chi connectivity index (χ4n) is 2.98. The number of hydrogen-bond acceptors (Lipinski definition) is 2. The van der Waals surface area contributed by atoms with Crippen LogP contribution in [0.25, 0.3) is 0 Å². The van der Waals surface area contributed by atoms with Gasteiger partial charge in [-0.1, -0.05) is 44.0 Å². The van der Waals surface area contributed by atoms with Crippen LogP contribution in [-0.4, -0.2) is 17.7 Å². The fraction of sp³-hybridized carbons (Fsp3) is 0.769. The Morgan fingerprint density at radius 3 is 2.94 bits per heavy atom. The molecule has 0 aromatic heterocycles. The highest BCUT2D eigenvalue weighted by Gasteiger charge is 2.37. The van der Waals surface area contributed by atoms with E-state index < -0.39 is 6.09 Å². The van der Waals surface area contributed by atoms with Crippen LogP contribution in [0.3, 0.4) is 0 Å². The zero-order valence-electron chi connectivity index (χ0n) is 10.7. The number of alkyl carbamates (subject to hydrolysis) is 1. The van der Waals surface area contributed by atoms with Crippen LogP contribution in [-0.2, 0) is 4.74 Å². The summed E-state index contributed by atoms with van der Waals surface area (Å²) in [5.74, 6) is 0.555. The Hall–Kier alpha value is -0.700. The zero-order valence-corrected chi connectivity index (χ0v) is 11.5. The van der Waals surface area contributed by atoms with E-state index in [2.05, 4.69) is 25.7 Å². The SMILES string of the molecule is C=C1CC(C)CC(CCC)(NC(=O)OCCl)C1. The van der Waals surface area contributed by atoms with Crippen LogP contribution < -0.4 is 5.32 Å². The van der Waals surface area contributed by atoms with E-state index in [1.807, 2.05) is 0 Å². The molecule has 98 valence electrons. The van der Waals surface area contributed by atoms with Gasteiger partial charge in [0.15, 0.2) is 6.07 Å². The molecule has 1 saturated carbocycles. The van der Waals surface area contributed by atoms with Crippen molar-refractivity contribution in [3.8, 4) is 0 Å². The maximum absolute atomic E-state index is 11.6. The predicted octanol–water partition coefficient (Wildman–Crippen LogP) is 3.82. The Morgan fingerprint density at radius 1 is 1.71 bits per heavy atom. The molecule has 4 heteroatoms. The van der Waals surface area contributed by atoms with Crippen molar-refractivity contribution in [2.75, 3.05) is 6.07 Å². The van der Waals surface area contributed by atoms with E-state index in [0.717, 1.165) is 32.1 Å². The summed E-state index contributed by atoms with van der Waals surface area (Å²) in [6.07, 6.45) is 4.45. The zero-order chi connectivity index (χ0) is 12.9. The molecule has 1 amide bonds. The lowest BCUT2D eigenvalue weighted by molar-refractivity contribution is 0.133. The van der Waals surface area contributed by atoms with Gasteiger partial charge in [-0.15, -0.1) is 0 Å². The molecule has 1 fully saturated rings. The number of carbonyl (C=O) groups is 1. The standard InChI is InChI=1S/C13H22ClNO2/c1-4-5-13(15-12(16)17-9-14)7-10(2)6-11(3)8-13/h11H,2,4-9H2,1,3H3,(H,15,16). The number of hydrogen-bond donors (Lipinski definition) is 1. The molecule has 0 aromatic rings. The summed E-state index contributed by atoms with van der Waals surface area (Å²) in [6.45, 7) is 8.40. The van der Waals surface area contributed by atoms with Gasteiger partial charge in [-0.05, 0) is 31.6 Å². The van der Waals surface area contributed by atoms with E-state index >= 15 is 0 Å². The van der Waals surface area contributed by atoms with Gasteiger partial charge in [0.25, 0.3) is 0 Å². The first-order chi connectivity index (χ1) is 8.01. The molecule has 1 N–H and O–H groups in total. The average molecular weight is 260 g/mol. The lowest BCUT2D eigenvalue weighted by Gasteiger charge is -2.41. The molecule has 0 spiro atoms. The summed E-state index contributed by atoms with van der Waals surface area (Å²) >= 11 is 5.39. The van der Waals surface area contributed by atoms with Gasteiger partial charge >= 0.3 is 6.09 Å². The van der Waals surface area contributed by atoms with Gasteiger partial charge in [0.05, 0.1) is 0 Å². The molecule has 2 unspecified atom stereocenters. The number of amides is 1. The molecule has 0 aromatic carbocycles. The van der Waals surface area contributed by atoms with Gasteiger partial charge in [-0.2, -0.15) is 0 Å². The van der Waals surface area contributed by atoms with Crippen LogP contribution in [0.15, 0.2) is 12.2 Å². The molecule has 0 radical (unpaired) electrons. The van der Waals surface area contributed by atoms with Crippen LogP contribution in [0.4, 0.5) is 4.79 Å². The number of alkyl halides is 1. The largest absolute Gasteiger partial charge is 0.433 e. The van der Waals surface area contributed by atoms with Gasteiger partial charge in [-0.3, -0.25) is 0 Å². The second-order valence-corrected chi connectivity index (χ2v) is 5.35. The summed E-state index contributed by atoms with van der Waals surface area (Å²) in [5.41, 5.74) is 1.02. The minimum absolute atomic E-state index is 0.107. The maximum Gasteiger partial charge on any atom is 0.408 e. The Morgan fingerprint density at radius 2 is 2.41 bits per heavy atom. The van der Waals surface area contributed by atoms with Crippen molar-refractivity contribution < 1.29 is 9.53 Å². The molecule has 1 aliphatic carbocycles. The highest BCUT2D eigenvalue weighted by Crippen LogP contribution is 2.37. The summed E-state index contributed by atoms with van der Waals surface area (Å²) in [4.78, 5) is 11.6. The van der Waals surface area contributed by atoms with Gasteiger partial charge in [0.2, 0.25) is 0 Å². The lowest BCUT2D eigenvalue weighted by Crippen LogP contribution is -2.51. The van der Waals surface area contributed by atoms with Crippen LogP contribution in [0, 0.1) is 5.92 Å². The van der Waals surface area contributed by atoms with Crippen LogP contribution in [0.2, 0.25) is 0 Å². The van der Waals surface area contributed by atoms with Gasteiger partial charge in [-0.25, -0.2) is 4.79 Å². The normalized spacial score (nSPS) is 28.9.